The second-order valence-electron chi connectivity index (χ2n) is 10.3. The van der Waals surface area contributed by atoms with Crippen molar-refractivity contribution >= 4 is 31.6 Å². The molecule has 12 nitrogen and oxygen atoms in total. The van der Waals surface area contributed by atoms with Crippen molar-refractivity contribution in [3.63, 3.8) is 0 Å². The fraction of sp³-hybridized carbons (Fsp3) is 0.517. The summed E-state index contributed by atoms with van der Waals surface area (Å²) in [4.78, 5) is 53.4. The molecule has 4 rings (SSSR count). The van der Waals surface area contributed by atoms with Gasteiger partial charge >= 0.3 is 231 Å². The first kappa shape index (κ1) is 32.1. The van der Waals surface area contributed by atoms with E-state index in [1.807, 2.05) is 11.8 Å². The molecule has 0 unspecified atom stereocenters. The maximum absolute atomic E-state index is 14.0. The van der Waals surface area contributed by atoms with Crippen LogP contribution in [-0.2, 0) is 18.8 Å². The number of rotatable bonds is 10. The quantitative estimate of drug-likeness (QED) is 0.316. The Morgan fingerprint density at radius 1 is 1.14 bits per heavy atom. The van der Waals surface area contributed by atoms with E-state index in [9.17, 15) is 23.3 Å². The van der Waals surface area contributed by atoms with Crippen LogP contribution < -0.4 is 10.2 Å². The molecule has 1 aromatic heterocycles. The van der Waals surface area contributed by atoms with Crippen LogP contribution in [0.3, 0.4) is 0 Å². The van der Waals surface area contributed by atoms with E-state index in [2.05, 4.69) is 20.9 Å². The summed E-state index contributed by atoms with van der Waals surface area (Å²) in [5, 5.41) is 2.71. The molecule has 2 aliphatic heterocycles. The van der Waals surface area contributed by atoms with Gasteiger partial charge in [-0.1, -0.05) is 13.3 Å². The van der Waals surface area contributed by atoms with E-state index in [0.29, 0.717) is 31.1 Å². The summed E-state index contributed by atoms with van der Waals surface area (Å²) in [5.74, 6) is -0.889. The van der Waals surface area contributed by atoms with Crippen LogP contribution >= 0.6 is 7.92 Å². The topological polar surface area (TPSA) is 134 Å². The number of amides is 3. The molecule has 3 heterocycles. The van der Waals surface area contributed by atoms with Crippen molar-refractivity contribution in [1.29, 1.82) is 0 Å². The number of carbonyl (C=O) groups is 3. The van der Waals surface area contributed by atoms with Crippen LogP contribution in [0, 0.1) is 11.4 Å². The summed E-state index contributed by atoms with van der Waals surface area (Å²) in [6.45, 7) is 4.63. The van der Waals surface area contributed by atoms with Gasteiger partial charge in [-0.05, 0) is 0 Å². The molecule has 2 fully saturated rings. The van der Waals surface area contributed by atoms with Gasteiger partial charge in [0.25, 0.3) is 0 Å². The van der Waals surface area contributed by atoms with Crippen molar-refractivity contribution in [1.82, 2.24) is 25.1 Å². The molecule has 43 heavy (non-hydrogen) atoms. The number of piperazine rings is 1. The van der Waals surface area contributed by atoms with Gasteiger partial charge in [-0.2, -0.15) is 0 Å². The minimum absolute atomic E-state index is 0.00265. The van der Waals surface area contributed by atoms with E-state index in [1.54, 1.807) is 23.0 Å². The molecule has 2 atom stereocenters. The number of hydrogen-bond donors (Lipinski definition) is 1. The molecule has 1 N–H and O–H groups in total. The Hall–Kier alpha value is -3.79. The molecule has 2 aliphatic rings. The zero-order chi connectivity index (χ0) is 30.8. The van der Waals surface area contributed by atoms with E-state index in [-0.39, 0.29) is 50.2 Å². The number of carbonyl (C=O) groups excluding carboxylic acids is 3. The molecule has 0 spiro atoms. The molecule has 0 aliphatic carbocycles. The molecule has 0 bridgehead atoms. The van der Waals surface area contributed by atoms with Crippen LogP contribution in [0.1, 0.15) is 43.1 Å². The third-order valence-electron chi connectivity index (χ3n) is 7.37. The zero-order valence-electron chi connectivity index (χ0n) is 24.3. The summed E-state index contributed by atoms with van der Waals surface area (Å²) in [5.41, 5.74) is 2.95. The molecule has 14 heteroatoms. The molecule has 0 radical (unpaired) electrons. The first-order chi connectivity index (χ1) is 20.8. The number of hydrogen-bond acceptors (Lipinski definition) is 9. The van der Waals surface area contributed by atoms with E-state index in [0.717, 1.165) is 19.3 Å². The minimum atomic E-state index is -1.07. The molecular formula is C29H36FN6O6P. The Labute approximate surface area is 251 Å². The summed E-state index contributed by atoms with van der Waals surface area (Å²) < 4.78 is 36.0. The van der Waals surface area contributed by atoms with E-state index in [1.165, 1.54) is 24.3 Å². The first-order valence-corrected chi connectivity index (χ1v) is 15.1. The Kier molecular flexibility index (Phi) is 11.7. The monoisotopic (exact) mass is 614 g/mol. The number of unbranched alkanes of at least 4 members (excludes halogenated alkanes) is 1. The molecule has 0 saturated carbocycles. The van der Waals surface area contributed by atoms with Gasteiger partial charge in [-0.25, -0.2) is 0 Å². The summed E-state index contributed by atoms with van der Waals surface area (Å²) in [6, 6.07) is 6.22. The van der Waals surface area contributed by atoms with Crippen LogP contribution in [-0.4, -0.2) is 103 Å². The Balaban J connectivity index is 1.51. The Morgan fingerprint density at radius 2 is 1.91 bits per heavy atom. The molecule has 230 valence electrons. The number of nitrogens with zero attached hydrogens (tertiary/aromatic N) is 5. The third-order valence-corrected chi connectivity index (χ3v) is 7.68. The van der Waals surface area contributed by atoms with Crippen molar-refractivity contribution in [3.05, 3.63) is 41.8 Å². The SMILES string of the molecule is CCCCOC(=O)N1CCN(C(=O)[C@H](CC#P=O)NC(=O)c2cc(N3CC[C@H](OC)C3)nc(-c3cccc(F)c3)n2)CC1. The molecule has 2 saturated heterocycles. The number of methoxy groups -OCH3 is 1. The molecule has 3 amide bonds. The van der Waals surface area contributed by atoms with Crippen molar-refractivity contribution in [3.8, 4) is 17.0 Å². The maximum atomic E-state index is 14.0. The van der Waals surface area contributed by atoms with Crippen molar-refractivity contribution < 1.29 is 32.8 Å². The fourth-order valence-electron chi connectivity index (χ4n) is 4.88. The Bertz CT molecular complexity index is 1420. The summed E-state index contributed by atoms with van der Waals surface area (Å²) in [6.07, 6.45) is 1.95. The fourth-order valence-corrected chi connectivity index (χ4v) is 5.14. The second kappa shape index (κ2) is 15.6. The van der Waals surface area contributed by atoms with Gasteiger partial charge in [0.1, 0.15) is 0 Å². The first-order valence-electron chi connectivity index (χ1n) is 14.3. The number of halogens is 1. The van der Waals surface area contributed by atoms with Gasteiger partial charge in [-0.3, -0.25) is 0 Å². The molecule has 1 aromatic carbocycles. The number of ether oxygens (including phenoxy) is 2. The van der Waals surface area contributed by atoms with Crippen LogP contribution in [0.4, 0.5) is 15.0 Å². The predicted octanol–water partition coefficient (Wildman–Crippen LogP) is 3.33. The van der Waals surface area contributed by atoms with Gasteiger partial charge in [-0.15, -0.1) is 0 Å². The van der Waals surface area contributed by atoms with Crippen LogP contribution in [0.2, 0.25) is 0 Å². The zero-order valence-corrected chi connectivity index (χ0v) is 25.2. The third kappa shape index (κ3) is 8.63. The number of benzene rings is 1. The Morgan fingerprint density at radius 3 is 2.58 bits per heavy atom. The number of aromatic nitrogens is 2. The van der Waals surface area contributed by atoms with Gasteiger partial charge in [0.15, 0.2) is 0 Å². The number of nitrogens with one attached hydrogen (secondary N) is 1. The van der Waals surface area contributed by atoms with E-state index in [4.69, 9.17) is 9.47 Å². The summed E-state index contributed by atoms with van der Waals surface area (Å²) in [7, 11) is 1.23. The van der Waals surface area contributed by atoms with Gasteiger partial charge < -0.3 is 0 Å². The van der Waals surface area contributed by atoms with Crippen molar-refractivity contribution in [2.45, 2.75) is 44.8 Å². The van der Waals surface area contributed by atoms with Crippen LogP contribution in [0.15, 0.2) is 30.3 Å². The van der Waals surface area contributed by atoms with Crippen LogP contribution in [0.5, 0.6) is 0 Å². The normalized spacial score (nSPS) is 17.3. The average Bonchev–Trinajstić information content (AvgIpc) is 3.52. The van der Waals surface area contributed by atoms with Crippen molar-refractivity contribution in [2.75, 3.05) is 57.9 Å². The van der Waals surface area contributed by atoms with E-state index >= 15 is 0 Å². The summed E-state index contributed by atoms with van der Waals surface area (Å²) >= 11 is 0. The predicted molar refractivity (Wildman–Crippen MR) is 157 cm³/mol. The number of anilines is 1. The van der Waals surface area contributed by atoms with Crippen LogP contribution in [0.25, 0.3) is 11.4 Å². The van der Waals surface area contributed by atoms with Gasteiger partial charge in [0.2, 0.25) is 0 Å². The molecule has 2 aromatic rings. The van der Waals surface area contributed by atoms with E-state index < -0.39 is 37.7 Å². The van der Waals surface area contributed by atoms with Gasteiger partial charge in [0.05, 0.1) is 0 Å². The van der Waals surface area contributed by atoms with Gasteiger partial charge in [0, 0.05) is 7.11 Å². The van der Waals surface area contributed by atoms with Crippen molar-refractivity contribution in [2.24, 2.45) is 0 Å². The standard InChI is InChI=1S/C29H36FN6O6P/c1-3-4-15-42-29(39)35-13-11-34(12-14-35)28(38)23(9-16-43-40)32-27(37)24-18-25(36-10-8-22(19-36)41-2)33-26(31-24)20-6-5-7-21(30)17-20/h5-7,17-18,22-23H,3-4,8-15,19H2,1-2H3,(H,32,37)/t22-,23-/m0/s1. The average molecular weight is 615 g/mol. The second-order valence-corrected chi connectivity index (χ2v) is 10.8. The molecular weight excluding hydrogens is 578 g/mol.